The first-order chi connectivity index (χ1) is 6.59. The van der Waals surface area contributed by atoms with Crippen molar-refractivity contribution in [3.8, 4) is 0 Å². The molecule has 1 aromatic heterocycles. The van der Waals surface area contributed by atoms with Gasteiger partial charge in [-0.3, -0.25) is 4.68 Å². The van der Waals surface area contributed by atoms with Crippen molar-refractivity contribution in [2.75, 3.05) is 0 Å². The zero-order valence-electron chi connectivity index (χ0n) is 8.58. The molecule has 1 aromatic carbocycles. The Labute approximate surface area is 88.5 Å². The van der Waals surface area contributed by atoms with Crippen LogP contribution in [0.25, 0.3) is 10.9 Å². The number of fused-ring (bicyclic) bond motifs is 1. The third-order valence-corrected chi connectivity index (χ3v) is 2.58. The summed E-state index contributed by atoms with van der Waals surface area (Å²) >= 11 is 6.06. The molecule has 0 aliphatic rings. The van der Waals surface area contributed by atoms with Gasteiger partial charge in [0.2, 0.25) is 0 Å². The summed E-state index contributed by atoms with van der Waals surface area (Å²) in [6, 6.07) is 6.57. The standard InChI is InChI=1S/C11H13ClN2/c1-7(2)14-10-5-4-8(3)6-9(10)11(12)13-14/h4-7H,1-3H3. The van der Waals surface area contributed by atoms with Gasteiger partial charge in [-0.1, -0.05) is 23.2 Å². The Balaban J connectivity index is 2.77. The predicted molar refractivity (Wildman–Crippen MR) is 59.9 cm³/mol. The third-order valence-electron chi connectivity index (χ3n) is 2.31. The van der Waals surface area contributed by atoms with Crippen molar-refractivity contribution in [1.29, 1.82) is 0 Å². The molecule has 2 nitrogen and oxygen atoms in total. The lowest BCUT2D eigenvalue weighted by Gasteiger charge is -2.06. The van der Waals surface area contributed by atoms with E-state index in [0.717, 1.165) is 10.9 Å². The zero-order chi connectivity index (χ0) is 10.3. The van der Waals surface area contributed by atoms with E-state index in [0.29, 0.717) is 11.2 Å². The molecular formula is C11H13ClN2. The van der Waals surface area contributed by atoms with E-state index >= 15 is 0 Å². The number of halogens is 1. The van der Waals surface area contributed by atoms with Crippen LogP contribution in [0.3, 0.4) is 0 Å². The lowest BCUT2D eigenvalue weighted by molar-refractivity contribution is 0.551. The maximum atomic E-state index is 6.06. The quantitative estimate of drug-likeness (QED) is 0.701. The highest BCUT2D eigenvalue weighted by Gasteiger charge is 2.10. The van der Waals surface area contributed by atoms with Crippen LogP contribution in [-0.2, 0) is 0 Å². The van der Waals surface area contributed by atoms with Crippen LogP contribution in [0.2, 0.25) is 5.15 Å². The molecule has 74 valence electrons. The normalized spacial score (nSPS) is 11.5. The molecule has 0 bridgehead atoms. The summed E-state index contributed by atoms with van der Waals surface area (Å²) in [5, 5.41) is 5.95. The molecule has 0 spiro atoms. The maximum absolute atomic E-state index is 6.06. The van der Waals surface area contributed by atoms with E-state index in [2.05, 4.69) is 44.1 Å². The molecule has 0 saturated heterocycles. The monoisotopic (exact) mass is 208 g/mol. The van der Waals surface area contributed by atoms with Crippen molar-refractivity contribution in [1.82, 2.24) is 9.78 Å². The van der Waals surface area contributed by atoms with Crippen LogP contribution in [0.4, 0.5) is 0 Å². The smallest absolute Gasteiger partial charge is 0.158 e. The molecule has 0 N–H and O–H groups in total. The lowest BCUT2D eigenvalue weighted by atomic mass is 10.2. The Hall–Kier alpha value is -1.02. The molecule has 0 aliphatic carbocycles. The first kappa shape index (κ1) is 9.53. The number of rotatable bonds is 1. The number of aryl methyl sites for hydroxylation is 1. The van der Waals surface area contributed by atoms with Gasteiger partial charge in [-0.05, 0) is 32.9 Å². The average Bonchev–Trinajstić information content (AvgIpc) is 2.44. The van der Waals surface area contributed by atoms with Crippen molar-refractivity contribution in [3.63, 3.8) is 0 Å². The minimum atomic E-state index is 0.340. The Morgan fingerprint density at radius 2 is 2.07 bits per heavy atom. The van der Waals surface area contributed by atoms with Crippen LogP contribution in [0, 0.1) is 6.92 Å². The topological polar surface area (TPSA) is 17.8 Å². The van der Waals surface area contributed by atoms with Gasteiger partial charge < -0.3 is 0 Å². The highest BCUT2D eigenvalue weighted by atomic mass is 35.5. The average molecular weight is 209 g/mol. The highest BCUT2D eigenvalue weighted by Crippen LogP contribution is 2.25. The van der Waals surface area contributed by atoms with Crippen LogP contribution >= 0.6 is 11.6 Å². The summed E-state index contributed by atoms with van der Waals surface area (Å²) < 4.78 is 1.96. The molecule has 2 rings (SSSR count). The fourth-order valence-corrected chi connectivity index (χ4v) is 1.84. The van der Waals surface area contributed by atoms with Gasteiger partial charge in [0.15, 0.2) is 5.15 Å². The molecule has 0 amide bonds. The van der Waals surface area contributed by atoms with Crippen LogP contribution in [-0.4, -0.2) is 9.78 Å². The van der Waals surface area contributed by atoms with E-state index in [-0.39, 0.29) is 0 Å². The molecule has 2 aromatic rings. The van der Waals surface area contributed by atoms with Gasteiger partial charge in [0, 0.05) is 11.4 Å². The summed E-state index contributed by atoms with van der Waals surface area (Å²) in [5.41, 5.74) is 2.32. The lowest BCUT2D eigenvalue weighted by Crippen LogP contribution is -2.01. The summed E-state index contributed by atoms with van der Waals surface area (Å²) in [6.45, 7) is 6.26. The second-order valence-electron chi connectivity index (χ2n) is 3.85. The minimum absolute atomic E-state index is 0.340. The van der Waals surface area contributed by atoms with Crippen molar-refractivity contribution >= 4 is 22.5 Å². The third kappa shape index (κ3) is 1.40. The molecule has 0 saturated carbocycles. The van der Waals surface area contributed by atoms with Crippen LogP contribution in [0.15, 0.2) is 18.2 Å². The summed E-state index contributed by atoms with van der Waals surface area (Å²) in [6.07, 6.45) is 0. The molecule has 1 heterocycles. The van der Waals surface area contributed by atoms with E-state index in [4.69, 9.17) is 11.6 Å². The zero-order valence-corrected chi connectivity index (χ0v) is 9.34. The molecule has 3 heteroatoms. The molecule has 0 aliphatic heterocycles. The van der Waals surface area contributed by atoms with E-state index < -0.39 is 0 Å². The second-order valence-corrected chi connectivity index (χ2v) is 4.21. The first-order valence-electron chi connectivity index (χ1n) is 4.74. The number of nitrogens with zero attached hydrogens (tertiary/aromatic N) is 2. The van der Waals surface area contributed by atoms with Gasteiger partial charge in [0.25, 0.3) is 0 Å². The molecule has 14 heavy (non-hydrogen) atoms. The molecular weight excluding hydrogens is 196 g/mol. The van der Waals surface area contributed by atoms with Gasteiger partial charge >= 0.3 is 0 Å². The number of aromatic nitrogens is 2. The van der Waals surface area contributed by atoms with Gasteiger partial charge in [-0.2, -0.15) is 5.10 Å². The van der Waals surface area contributed by atoms with E-state index in [1.807, 2.05) is 4.68 Å². The molecule has 0 radical (unpaired) electrons. The van der Waals surface area contributed by atoms with Gasteiger partial charge in [-0.15, -0.1) is 0 Å². The van der Waals surface area contributed by atoms with Gasteiger partial charge in [0.05, 0.1) is 5.52 Å². The van der Waals surface area contributed by atoms with Crippen LogP contribution < -0.4 is 0 Å². The number of hydrogen-bond acceptors (Lipinski definition) is 1. The summed E-state index contributed by atoms with van der Waals surface area (Å²) in [5.74, 6) is 0. The fourth-order valence-electron chi connectivity index (χ4n) is 1.61. The van der Waals surface area contributed by atoms with Crippen molar-refractivity contribution in [2.24, 2.45) is 0 Å². The first-order valence-corrected chi connectivity index (χ1v) is 5.12. The molecule has 0 unspecified atom stereocenters. The van der Waals surface area contributed by atoms with Crippen molar-refractivity contribution in [2.45, 2.75) is 26.8 Å². The van der Waals surface area contributed by atoms with E-state index in [1.54, 1.807) is 0 Å². The largest absolute Gasteiger partial charge is 0.261 e. The van der Waals surface area contributed by atoms with E-state index in [9.17, 15) is 0 Å². The summed E-state index contributed by atoms with van der Waals surface area (Å²) in [4.78, 5) is 0. The van der Waals surface area contributed by atoms with Crippen LogP contribution in [0.5, 0.6) is 0 Å². The Kier molecular flexibility index (Phi) is 2.23. The molecule has 0 fully saturated rings. The van der Waals surface area contributed by atoms with Crippen molar-refractivity contribution < 1.29 is 0 Å². The minimum Gasteiger partial charge on any atom is -0.261 e. The number of hydrogen-bond donors (Lipinski definition) is 0. The van der Waals surface area contributed by atoms with Crippen LogP contribution in [0.1, 0.15) is 25.5 Å². The second kappa shape index (κ2) is 3.28. The maximum Gasteiger partial charge on any atom is 0.158 e. The SMILES string of the molecule is Cc1ccc2c(c1)c(Cl)nn2C(C)C. The fraction of sp³-hybridized carbons (Fsp3) is 0.364. The summed E-state index contributed by atoms with van der Waals surface area (Å²) in [7, 11) is 0. The molecule has 0 atom stereocenters. The Morgan fingerprint density at radius 1 is 1.36 bits per heavy atom. The highest BCUT2D eigenvalue weighted by molar-refractivity contribution is 6.34. The van der Waals surface area contributed by atoms with Gasteiger partial charge in [0.1, 0.15) is 0 Å². The predicted octanol–water partition coefficient (Wildman–Crippen LogP) is 3.58. The Morgan fingerprint density at radius 3 is 2.71 bits per heavy atom. The van der Waals surface area contributed by atoms with Gasteiger partial charge in [-0.25, -0.2) is 0 Å². The van der Waals surface area contributed by atoms with Crippen molar-refractivity contribution in [3.05, 3.63) is 28.9 Å². The van der Waals surface area contributed by atoms with E-state index in [1.165, 1.54) is 5.56 Å². The Bertz CT molecular complexity index is 471. The number of benzene rings is 1.